The number of tetrazole rings is 1. The predicted molar refractivity (Wildman–Crippen MR) is 116 cm³/mol. The Morgan fingerprint density at radius 2 is 1.83 bits per heavy atom. The first-order valence-electron chi connectivity index (χ1n) is 9.83. The van der Waals surface area contributed by atoms with Crippen molar-refractivity contribution in [1.82, 2.24) is 30.2 Å². The lowest BCUT2D eigenvalue weighted by Crippen LogP contribution is -2.50. The van der Waals surface area contributed by atoms with Crippen LogP contribution in [0.2, 0.25) is 0 Å². The van der Waals surface area contributed by atoms with Gasteiger partial charge >= 0.3 is 0 Å². The van der Waals surface area contributed by atoms with Gasteiger partial charge < -0.3 is 9.64 Å². The number of anilines is 1. The van der Waals surface area contributed by atoms with Gasteiger partial charge in [-0.3, -0.25) is 0 Å². The second-order valence-electron chi connectivity index (χ2n) is 7.30. The molecule has 0 N–H and O–H groups in total. The van der Waals surface area contributed by atoms with Gasteiger partial charge in [0.2, 0.25) is 5.95 Å². The Morgan fingerprint density at radius 3 is 2.57 bits per heavy atom. The normalized spacial score (nSPS) is 19.2. The van der Waals surface area contributed by atoms with Crippen molar-refractivity contribution in [2.24, 2.45) is 0 Å². The zero-order chi connectivity index (χ0) is 20.5. The minimum Gasteiger partial charge on any atom is -0.377 e. The third-order valence-corrected chi connectivity index (χ3v) is 6.02. The third-order valence-electron chi connectivity index (χ3n) is 5.14. The topological polar surface area (TPSA) is 81.9 Å². The molecular formula is C21H21N7OS. The Kier molecular flexibility index (Phi) is 4.97. The van der Waals surface area contributed by atoms with Crippen LogP contribution in [0, 0.1) is 0 Å². The fraction of sp³-hybridized carbons (Fsp3) is 0.286. The van der Waals surface area contributed by atoms with Crippen LogP contribution in [0.4, 0.5) is 5.95 Å². The lowest BCUT2D eigenvalue weighted by atomic mass is 10.1. The van der Waals surface area contributed by atoms with Crippen molar-refractivity contribution in [3.8, 4) is 27.6 Å². The SMILES string of the molecule is C[C@H]1COC[C@H](C)N1c1ncc(-c2nnnn2-c2ccccc2)c(-c2cccs2)n1. The molecule has 1 aliphatic heterocycles. The summed E-state index contributed by atoms with van der Waals surface area (Å²) in [6, 6.07) is 14.3. The van der Waals surface area contributed by atoms with Gasteiger partial charge in [0.05, 0.1) is 47.1 Å². The van der Waals surface area contributed by atoms with E-state index in [4.69, 9.17) is 14.7 Å². The molecule has 1 fully saturated rings. The van der Waals surface area contributed by atoms with Gasteiger partial charge in [-0.1, -0.05) is 24.3 Å². The Balaban J connectivity index is 1.65. The Hall–Kier alpha value is -3.17. The van der Waals surface area contributed by atoms with Crippen LogP contribution in [0.15, 0.2) is 54.0 Å². The molecule has 152 valence electrons. The summed E-state index contributed by atoms with van der Waals surface area (Å²) in [6.45, 7) is 5.59. The highest BCUT2D eigenvalue weighted by molar-refractivity contribution is 7.13. The number of thiophene rings is 1. The van der Waals surface area contributed by atoms with E-state index in [1.54, 1.807) is 16.0 Å². The molecule has 5 rings (SSSR count). The van der Waals surface area contributed by atoms with E-state index < -0.39 is 0 Å². The zero-order valence-electron chi connectivity index (χ0n) is 16.7. The van der Waals surface area contributed by atoms with Crippen molar-refractivity contribution >= 4 is 17.3 Å². The summed E-state index contributed by atoms with van der Waals surface area (Å²) in [4.78, 5) is 13.0. The van der Waals surface area contributed by atoms with E-state index in [-0.39, 0.29) is 12.1 Å². The second kappa shape index (κ2) is 7.92. The largest absolute Gasteiger partial charge is 0.377 e. The molecule has 1 aliphatic rings. The third kappa shape index (κ3) is 3.35. The van der Waals surface area contributed by atoms with Gasteiger partial charge in [0.25, 0.3) is 0 Å². The predicted octanol–water partition coefficient (Wildman–Crippen LogP) is 3.46. The highest BCUT2D eigenvalue weighted by atomic mass is 32.1. The van der Waals surface area contributed by atoms with Crippen LogP contribution in [0.1, 0.15) is 13.8 Å². The van der Waals surface area contributed by atoms with Gasteiger partial charge in [0.1, 0.15) is 0 Å². The summed E-state index contributed by atoms with van der Waals surface area (Å²) >= 11 is 1.63. The maximum absolute atomic E-state index is 5.67. The van der Waals surface area contributed by atoms with E-state index in [2.05, 4.69) is 40.3 Å². The highest BCUT2D eigenvalue weighted by Gasteiger charge is 2.29. The van der Waals surface area contributed by atoms with E-state index in [0.717, 1.165) is 21.8 Å². The van der Waals surface area contributed by atoms with E-state index in [9.17, 15) is 0 Å². The Morgan fingerprint density at radius 1 is 1.03 bits per heavy atom. The monoisotopic (exact) mass is 419 g/mol. The van der Waals surface area contributed by atoms with Crippen LogP contribution < -0.4 is 4.90 Å². The number of rotatable bonds is 4. The fourth-order valence-electron chi connectivity index (χ4n) is 3.76. The molecule has 9 heteroatoms. The first-order valence-corrected chi connectivity index (χ1v) is 10.7. The molecular weight excluding hydrogens is 398 g/mol. The van der Waals surface area contributed by atoms with Crippen molar-refractivity contribution < 1.29 is 4.74 Å². The van der Waals surface area contributed by atoms with Gasteiger partial charge in [-0.15, -0.1) is 16.4 Å². The molecule has 3 aromatic heterocycles. The van der Waals surface area contributed by atoms with Crippen molar-refractivity contribution in [3.05, 3.63) is 54.0 Å². The van der Waals surface area contributed by atoms with Crippen molar-refractivity contribution in [3.63, 3.8) is 0 Å². The van der Waals surface area contributed by atoms with E-state index in [0.29, 0.717) is 25.0 Å². The van der Waals surface area contributed by atoms with Crippen molar-refractivity contribution in [2.45, 2.75) is 25.9 Å². The molecule has 4 aromatic rings. The van der Waals surface area contributed by atoms with E-state index in [1.807, 2.05) is 48.0 Å². The molecule has 0 bridgehead atoms. The maximum Gasteiger partial charge on any atom is 0.226 e. The Bertz CT molecular complexity index is 1120. The van der Waals surface area contributed by atoms with Gasteiger partial charge in [0.15, 0.2) is 5.82 Å². The molecule has 0 amide bonds. The molecule has 0 saturated carbocycles. The minimum atomic E-state index is 0.199. The maximum atomic E-state index is 5.67. The second-order valence-corrected chi connectivity index (χ2v) is 8.25. The Labute approximate surface area is 178 Å². The first kappa shape index (κ1) is 18.8. The number of hydrogen-bond acceptors (Lipinski definition) is 8. The average molecular weight is 420 g/mol. The zero-order valence-corrected chi connectivity index (χ0v) is 17.5. The lowest BCUT2D eigenvalue weighted by molar-refractivity contribution is 0.0747. The molecule has 4 heterocycles. The summed E-state index contributed by atoms with van der Waals surface area (Å²) in [5.74, 6) is 1.31. The van der Waals surface area contributed by atoms with Gasteiger partial charge in [-0.05, 0) is 47.9 Å². The molecule has 0 spiro atoms. The summed E-state index contributed by atoms with van der Waals surface area (Å²) in [5.41, 5.74) is 2.51. The van der Waals surface area contributed by atoms with Crippen molar-refractivity contribution in [1.29, 1.82) is 0 Å². The number of benzene rings is 1. The fourth-order valence-corrected chi connectivity index (χ4v) is 4.49. The molecule has 1 aromatic carbocycles. The number of aromatic nitrogens is 6. The van der Waals surface area contributed by atoms with Gasteiger partial charge in [-0.25, -0.2) is 9.97 Å². The smallest absolute Gasteiger partial charge is 0.226 e. The lowest BCUT2D eigenvalue weighted by Gasteiger charge is -2.38. The first-order chi connectivity index (χ1) is 14.7. The van der Waals surface area contributed by atoms with E-state index in [1.165, 1.54) is 0 Å². The summed E-state index contributed by atoms with van der Waals surface area (Å²) in [7, 11) is 0. The molecule has 8 nitrogen and oxygen atoms in total. The van der Waals surface area contributed by atoms with Crippen LogP contribution in [0.3, 0.4) is 0 Å². The van der Waals surface area contributed by atoms with Crippen LogP contribution in [-0.2, 0) is 4.74 Å². The van der Waals surface area contributed by atoms with E-state index >= 15 is 0 Å². The number of ether oxygens (including phenoxy) is 1. The molecule has 0 unspecified atom stereocenters. The number of morpholine rings is 1. The quantitative estimate of drug-likeness (QED) is 0.501. The average Bonchev–Trinajstić information content (AvgIpc) is 3.46. The number of hydrogen-bond donors (Lipinski definition) is 0. The van der Waals surface area contributed by atoms with Crippen LogP contribution in [0.25, 0.3) is 27.6 Å². The van der Waals surface area contributed by atoms with Gasteiger partial charge in [-0.2, -0.15) is 4.68 Å². The van der Waals surface area contributed by atoms with Crippen LogP contribution in [0.5, 0.6) is 0 Å². The van der Waals surface area contributed by atoms with Crippen LogP contribution >= 0.6 is 11.3 Å². The summed E-state index contributed by atoms with van der Waals surface area (Å²) < 4.78 is 7.39. The molecule has 1 saturated heterocycles. The molecule has 0 radical (unpaired) electrons. The van der Waals surface area contributed by atoms with Crippen LogP contribution in [-0.4, -0.2) is 55.5 Å². The number of nitrogens with zero attached hydrogens (tertiary/aromatic N) is 7. The summed E-state index contributed by atoms with van der Waals surface area (Å²) in [5, 5.41) is 14.5. The highest BCUT2D eigenvalue weighted by Crippen LogP contribution is 2.34. The number of para-hydroxylation sites is 1. The van der Waals surface area contributed by atoms with Crippen molar-refractivity contribution in [2.75, 3.05) is 18.1 Å². The summed E-state index contributed by atoms with van der Waals surface area (Å²) in [6.07, 6.45) is 1.83. The van der Waals surface area contributed by atoms with Gasteiger partial charge in [0, 0.05) is 6.20 Å². The molecule has 30 heavy (non-hydrogen) atoms. The standard InChI is InChI=1S/C21H21N7OS/c1-14-12-29-13-15(2)27(14)21-22-11-17(19(23-21)18-9-6-10-30-18)20-24-25-26-28(20)16-7-4-3-5-8-16/h3-11,14-15H,12-13H2,1-2H3/t14-,15-/m0/s1. The molecule has 2 atom stereocenters. The molecule has 0 aliphatic carbocycles. The minimum absolute atomic E-state index is 0.199.